The number of anilines is 1. The van der Waals surface area contributed by atoms with Crippen LogP contribution in [0.1, 0.15) is 0 Å². The van der Waals surface area contributed by atoms with Gasteiger partial charge in [-0.1, -0.05) is 36.4 Å². The summed E-state index contributed by atoms with van der Waals surface area (Å²) < 4.78 is 0. The van der Waals surface area contributed by atoms with Crippen LogP contribution in [-0.4, -0.2) is 21.5 Å². The van der Waals surface area contributed by atoms with Crippen LogP contribution >= 0.6 is 0 Å². The summed E-state index contributed by atoms with van der Waals surface area (Å²) in [6.45, 7) is 0. The fraction of sp³-hybridized carbons (Fsp3) is 0. The molecule has 7 heteroatoms. The normalized spacial score (nSPS) is 11.2. The molecule has 0 saturated heterocycles. The van der Waals surface area contributed by atoms with Gasteiger partial charge >= 0.3 is 0 Å². The molecule has 0 bridgehead atoms. The van der Waals surface area contributed by atoms with Crippen LogP contribution in [0.5, 0.6) is 0 Å². The molecule has 3 rings (SSSR count). The molecule has 0 unspecified atom stereocenters. The number of nitrogens with one attached hydrogen (secondary N) is 3. The van der Waals surface area contributed by atoms with Crippen molar-refractivity contribution in [3.05, 3.63) is 48.5 Å². The minimum absolute atomic E-state index is 0.180. The van der Waals surface area contributed by atoms with Gasteiger partial charge in [0.05, 0.1) is 11.2 Å². The highest BCUT2D eigenvalue weighted by atomic mass is 15.3. The zero-order valence-corrected chi connectivity index (χ0v) is 12.0. The fourth-order valence-corrected chi connectivity index (χ4v) is 2.12. The van der Waals surface area contributed by atoms with Crippen LogP contribution in [0, 0.1) is 16.7 Å². The molecule has 0 aliphatic carbocycles. The molecule has 0 fully saturated rings. The van der Waals surface area contributed by atoms with Crippen LogP contribution in [-0.2, 0) is 0 Å². The monoisotopic (exact) mass is 303 g/mol. The molecule has 0 amide bonds. The maximum absolute atomic E-state index is 8.88. The first-order valence-corrected chi connectivity index (χ1v) is 6.81. The number of hydrogen-bond acceptors (Lipinski definition) is 5. The number of hydrazone groups is 1. The summed E-state index contributed by atoms with van der Waals surface area (Å²) in [6, 6.07) is 17.0. The van der Waals surface area contributed by atoms with E-state index in [2.05, 4.69) is 20.5 Å². The number of para-hydroxylation sites is 1. The van der Waals surface area contributed by atoms with Crippen molar-refractivity contribution in [2.45, 2.75) is 0 Å². The number of fused-ring (bicyclic) bond motifs is 1. The van der Waals surface area contributed by atoms with Gasteiger partial charge in [0.25, 0.3) is 0 Å². The van der Waals surface area contributed by atoms with E-state index in [1.807, 2.05) is 42.5 Å². The summed E-state index contributed by atoms with van der Waals surface area (Å²) in [5.41, 5.74) is 11.0. The molecule has 0 aliphatic rings. The number of nitrogens with zero attached hydrogens (tertiary/aromatic N) is 3. The Morgan fingerprint density at radius 1 is 1.22 bits per heavy atom. The van der Waals surface area contributed by atoms with Crippen LogP contribution in [0.25, 0.3) is 22.4 Å². The molecule has 0 aliphatic heterocycles. The van der Waals surface area contributed by atoms with Gasteiger partial charge in [0.2, 0.25) is 5.71 Å². The summed E-state index contributed by atoms with van der Waals surface area (Å²) in [7, 11) is 0. The summed E-state index contributed by atoms with van der Waals surface area (Å²) in [6.07, 6.45) is 0. The number of benzene rings is 2. The Balaban J connectivity index is 2.01. The third kappa shape index (κ3) is 2.87. The average Bonchev–Trinajstić information content (AvgIpc) is 3.01. The first-order valence-electron chi connectivity index (χ1n) is 6.81. The lowest BCUT2D eigenvalue weighted by molar-refractivity contribution is 1.32. The number of H-pyrrole nitrogens is 1. The van der Waals surface area contributed by atoms with Crippen molar-refractivity contribution in [2.24, 2.45) is 10.8 Å². The molecule has 3 aromatic rings. The maximum atomic E-state index is 8.88. The average molecular weight is 303 g/mol. The maximum Gasteiger partial charge on any atom is 0.201 e. The van der Waals surface area contributed by atoms with Crippen molar-refractivity contribution in [3.8, 4) is 17.5 Å². The van der Waals surface area contributed by atoms with Crippen LogP contribution in [0.4, 0.5) is 5.69 Å². The van der Waals surface area contributed by atoms with E-state index < -0.39 is 0 Å². The van der Waals surface area contributed by atoms with Gasteiger partial charge in [-0.15, -0.1) is 0 Å². The zero-order chi connectivity index (χ0) is 16.2. The number of imidazole rings is 1. The van der Waals surface area contributed by atoms with Crippen molar-refractivity contribution in [1.29, 1.82) is 10.7 Å². The molecule has 5 N–H and O–H groups in total. The largest absolute Gasteiger partial charge is 0.382 e. The topological polar surface area (TPSA) is 127 Å². The quantitative estimate of drug-likeness (QED) is 0.335. The van der Waals surface area contributed by atoms with Crippen molar-refractivity contribution in [3.63, 3.8) is 0 Å². The van der Waals surface area contributed by atoms with Gasteiger partial charge < -0.3 is 10.7 Å². The highest BCUT2D eigenvalue weighted by Crippen LogP contribution is 2.25. The van der Waals surface area contributed by atoms with Gasteiger partial charge in [0, 0.05) is 5.56 Å². The first-order chi connectivity index (χ1) is 11.2. The van der Waals surface area contributed by atoms with E-state index in [-0.39, 0.29) is 11.5 Å². The first kappa shape index (κ1) is 14.3. The fourth-order valence-electron chi connectivity index (χ4n) is 2.12. The molecule has 0 radical (unpaired) electrons. The van der Waals surface area contributed by atoms with Gasteiger partial charge in [-0.05, 0) is 12.1 Å². The molecule has 1 heterocycles. The molecule has 0 atom stereocenters. The molecule has 7 nitrogen and oxygen atoms in total. The Morgan fingerprint density at radius 2 is 2.00 bits per heavy atom. The van der Waals surface area contributed by atoms with Crippen molar-refractivity contribution in [1.82, 2.24) is 9.97 Å². The lowest BCUT2D eigenvalue weighted by Crippen LogP contribution is -2.21. The van der Waals surface area contributed by atoms with Gasteiger partial charge in [-0.25, -0.2) is 4.98 Å². The van der Waals surface area contributed by atoms with Crippen LogP contribution in [0.15, 0.2) is 53.6 Å². The third-order valence-corrected chi connectivity index (χ3v) is 3.21. The molecule has 0 spiro atoms. The Morgan fingerprint density at radius 3 is 2.70 bits per heavy atom. The Bertz CT molecular complexity index is 932. The minimum Gasteiger partial charge on any atom is -0.382 e. The van der Waals surface area contributed by atoms with E-state index in [0.29, 0.717) is 11.2 Å². The van der Waals surface area contributed by atoms with E-state index in [0.717, 1.165) is 16.9 Å². The molecule has 23 heavy (non-hydrogen) atoms. The molecule has 2 aromatic carbocycles. The Hall–Kier alpha value is -3.66. The summed E-state index contributed by atoms with van der Waals surface area (Å²) in [5.74, 6) is 0.352. The van der Waals surface area contributed by atoms with E-state index >= 15 is 0 Å². The lowest BCUT2D eigenvalue weighted by Gasteiger charge is -2.01. The van der Waals surface area contributed by atoms with Crippen molar-refractivity contribution in [2.75, 3.05) is 5.43 Å². The second kappa shape index (κ2) is 5.99. The Labute approximate surface area is 132 Å². The predicted molar refractivity (Wildman–Crippen MR) is 90.1 cm³/mol. The second-order valence-corrected chi connectivity index (χ2v) is 4.75. The van der Waals surface area contributed by atoms with Crippen molar-refractivity contribution >= 4 is 28.3 Å². The highest BCUT2D eigenvalue weighted by Gasteiger charge is 2.09. The highest BCUT2D eigenvalue weighted by molar-refractivity contribution is 6.45. The second-order valence-electron chi connectivity index (χ2n) is 4.75. The molecule has 112 valence electrons. The van der Waals surface area contributed by atoms with Crippen LogP contribution in [0.3, 0.4) is 0 Å². The molecular weight excluding hydrogens is 290 g/mol. The SMILES string of the molecule is N#C/C(=N\Nc1cccc2[nH]c(-c3ccccc3)nc12)C(=N)N. The third-order valence-electron chi connectivity index (χ3n) is 3.21. The zero-order valence-electron chi connectivity index (χ0n) is 12.0. The number of rotatable bonds is 4. The van der Waals surface area contributed by atoms with E-state index in [4.69, 9.17) is 16.4 Å². The predicted octanol–water partition coefficient (Wildman–Crippen LogP) is 2.46. The van der Waals surface area contributed by atoms with Gasteiger partial charge in [-0.2, -0.15) is 10.4 Å². The minimum atomic E-state index is -0.390. The summed E-state index contributed by atoms with van der Waals surface area (Å²) in [4.78, 5) is 7.82. The number of amidine groups is 1. The van der Waals surface area contributed by atoms with Crippen molar-refractivity contribution < 1.29 is 0 Å². The smallest absolute Gasteiger partial charge is 0.201 e. The van der Waals surface area contributed by atoms with E-state index in [9.17, 15) is 0 Å². The van der Waals surface area contributed by atoms with Gasteiger partial charge in [0.15, 0.2) is 5.84 Å². The summed E-state index contributed by atoms with van der Waals surface area (Å²) in [5, 5.41) is 20.0. The molecule has 0 saturated carbocycles. The molecular formula is C16H13N7. The van der Waals surface area contributed by atoms with E-state index in [1.165, 1.54) is 0 Å². The summed E-state index contributed by atoms with van der Waals surface area (Å²) >= 11 is 0. The number of hydrogen-bond donors (Lipinski definition) is 4. The number of aromatic nitrogens is 2. The van der Waals surface area contributed by atoms with E-state index in [1.54, 1.807) is 12.1 Å². The van der Waals surface area contributed by atoms with Gasteiger partial charge in [-0.3, -0.25) is 10.8 Å². The van der Waals surface area contributed by atoms with Crippen LogP contribution in [0.2, 0.25) is 0 Å². The molecule has 1 aromatic heterocycles. The van der Waals surface area contributed by atoms with Crippen LogP contribution < -0.4 is 11.2 Å². The number of nitrogens with two attached hydrogens (primary N) is 1. The number of aromatic amines is 1. The van der Waals surface area contributed by atoms with Gasteiger partial charge in [0.1, 0.15) is 17.4 Å². The lowest BCUT2D eigenvalue weighted by atomic mass is 10.2. The Kier molecular flexibility index (Phi) is 3.72. The number of nitriles is 1. The standard InChI is InChI=1S/C16H13N7/c17-9-13(15(18)19)23-22-12-8-4-7-11-14(12)21-16(20-11)10-5-2-1-3-6-10/h1-8,22H,(H3,18,19)(H,20,21)/b23-13+.